The van der Waals surface area contributed by atoms with Gasteiger partial charge in [-0.15, -0.1) is 0 Å². The van der Waals surface area contributed by atoms with Gasteiger partial charge in [-0.2, -0.15) is 0 Å². The smallest absolute Gasteiger partial charge is 0.0145 e. The second-order valence-electron chi connectivity index (χ2n) is 6.24. The van der Waals surface area contributed by atoms with E-state index >= 15 is 0 Å². The van der Waals surface area contributed by atoms with Crippen LogP contribution in [0.1, 0.15) is 51.0 Å². The molecule has 0 saturated heterocycles. The van der Waals surface area contributed by atoms with E-state index in [1.54, 1.807) is 0 Å². The minimum atomic E-state index is 1.19. The van der Waals surface area contributed by atoms with E-state index in [0.717, 1.165) is 0 Å². The lowest BCUT2D eigenvalue weighted by Gasteiger charge is -2.11. The van der Waals surface area contributed by atoms with Crippen LogP contribution in [0.3, 0.4) is 0 Å². The van der Waals surface area contributed by atoms with E-state index in [1.807, 2.05) is 6.07 Å². The van der Waals surface area contributed by atoms with Gasteiger partial charge in [0.05, 0.1) is 0 Å². The first-order chi connectivity index (χ1) is 10.9. The number of hydrogen-bond acceptors (Lipinski definition) is 0. The normalized spacial score (nSPS) is 11.3. The first kappa shape index (κ1) is 15.1. The van der Waals surface area contributed by atoms with Gasteiger partial charge in [0.15, 0.2) is 0 Å². The predicted molar refractivity (Wildman–Crippen MR) is 97.4 cm³/mol. The average molecular weight is 289 g/mol. The summed E-state index contributed by atoms with van der Waals surface area (Å²) < 4.78 is 0. The van der Waals surface area contributed by atoms with Gasteiger partial charge in [-0.05, 0) is 58.1 Å². The second-order valence-corrected chi connectivity index (χ2v) is 6.24. The maximum absolute atomic E-state index is 3.22. The third-order valence-electron chi connectivity index (χ3n) is 4.60. The third kappa shape index (κ3) is 3.32. The molecule has 0 aromatic heterocycles. The summed E-state index contributed by atoms with van der Waals surface area (Å²) in [6.07, 6.45) is 9.31. The summed E-state index contributed by atoms with van der Waals surface area (Å²) in [7, 11) is 0. The molecule has 3 aromatic carbocycles. The molecule has 0 amide bonds. The molecule has 0 aliphatic heterocycles. The van der Waals surface area contributed by atoms with Crippen molar-refractivity contribution in [3.63, 3.8) is 0 Å². The van der Waals surface area contributed by atoms with Gasteiger partial charge in [-0.25, -0.2) is 0 Å². The highest BCUT2D eigenvalue weighted by molar-refractivity contribution is 6.02. The van der Waals surface area contributed by atoms with Crippen LogP contribution in [-0.2, 0) is 6.42 Å². The lowest BCUT2D eigenvalue weighted by atomic mass is 9.93. The van der Waals surface area contributed by atoms with Crippen molar-refractivity contribution in [1.82, 2.24) is 0 Å². The fourth-order valence-corrected chi connectivity index (χ4v) is 3.40. The molecule has 0 bridgehead atoms. The SMILES string of the molecule is CCCCCCCCc1c2cc[c]cc2cc2ccccc12. The quantitative estimate of drug-likeness (QED) is 0.335. The Labute approximate surface area is 134 Å². The molecule has 0 heteroatoms. The third-order valence-corrected chi connectivity index (χ3v) is 4.60. The van der Waals surface area contributed by atoms with E-state index in [1.165, 1.54) is 72.1 Å². The number of hydrogen-bond donors (Lipinski definition) is 0. The topological polar surface area (TPSA) is 0 Å². The summed E-state index contributed by atoms with van der Waals surface area (Å²) in [5, 5.41) is 5.51. The van der Waals surface area contributed by atoms with Crippen molar-refractivity contribution in [2.24, 2.45) is 0 Å². The van der Waals surface area contributed by atoms with Crippen molar-refractivity contribution < 1.29 is 0 Å². The molecule has 0 atom stereocenters. The first-order valence-corrected chi connectivity index (χ1v) is 8.70. The molecular formula is C22H25. The molecule has 0 N–H and O–H groups in total. The number of benzene rings is 3. The van der Waals surface area contributed by atoms with E-state index in [4.69, 9.17) is 0 Å². The van der Waals surface area contributed by atoms with Crippen molar-refractivity contribution >= 4 is 21.5 Å². The van der Waals surface area contributed by atoms with Gasteiger partial charge >= 0.3 is 0 Å². The standard InChI is InChI=1S/C22H25/c1-2-3-4-5-6-7-16-22-20-14-10-8-12-18(20)17-19-13-9-11-15-21(19)22/h8,10-15,17H,2-7,16H2,1H3. The molecule has 1 radical (unpaired) electrons. The Morgan fingerprint density at radius 2 is 1.59 bits per heavy atom. The number of fused-ring (bicyclic) bond motifs is 2. The van der Waals surface area contributed by atoms with Crippen LogP contribution in [0.5, 0.6) is 0 Å². The van der Waals surface area contributed by atoms with Crippen LogP contribution < -0.4 is 0 Å². The molecule has 0 heterocycles. The number of unbranched alkanes of at least 4 members (excludes halogenated alkanes) is 5. The van der Waals surface area contributed by atoms with Crippen LogP contribution in [0.4, 0.5) is 0 Å². The van der Waals surface area contributed by atoms with E-state index in [9.17, 15) is 0 Å². The van der Waals surface area contributed by atoms with Crippen molar-refractivity contribution in [2.45, 2.75) is 51.9 Å². The molecule has 0 fully saturated rings. The Balaban J connectivity index is 1.85. The van der Waals surface area contributed by atoms with Gasteiger partial charge in [0.2, 0.25) is 0 Å². The van der Waals surface area contributed by atoms with Crippen molar-refractivity contribution in [1.29, 1.82) is 0 Å². The lowest BCUT2D eigenvalue weighted by Crippen LogP contribution is -1.91. The summed E-state index contributed by atoms with van der Waals surface area (Å²) in [5.41, 5.74) is 1.53. The number of rotatable bonds is 7. The van der Waals surface area contributed by atoms with Gasteiger partial charge in [0.25, 0.3) is 0 Å². The molecule has 0 aliphatic rings. The summed E-state index contributed by atoms with van der Waals surface area (Å²) in [4.78, 5) is 0. The van der Waals surface area contributed by atoms with Crippen molar-refractivity contribution in [2.75, 3.05) is 0 Å². The Morgan fingerprint density at radius 3 is 2.50 bits per heavy atom. The summed E-state index contributed by atoms with van der Waals surface area (Å²) in [5.74, 6) is 0. The first-order valence-electron chi connectivity index (χ1n) is 8.70. The summed E-state index contributed by atoms with van der Waals surface area (Å²) in [6.45, 7) is 2.28. The van der Waals surface area contributed by atoms with Crippen molar-refractivity contribution in [3.05, 3.63) is 60.2 Å². The minimum Gasteiger partial charge on any atom is -0.0654 e. The monoisotopic (exact) mass is 289 g/mol. The Morgan fingerprint density at radius 1 is 0.818 bits per heavy atom. The van der Waals surface area contributed by atoms with E-state index < -0.39 is 0 Å². The molecular weight excluding hydrogens is 264 g/mol. The zero-order chi connectivity index (χ0) is 15.2. The highest BCUT2D eigenvalue weighted by Crippen LogP contribution is 2.29. The molecule has 113 valence electrons. The van der Waals surface area contributed by atoms with Gasteiger partial charge in [0, 0.05) is 0 Å². The zero-order valence-corrected chi connectivity index (χ0v) is 13.6. The summed E-state index contributed by atoms with van der Waals surface area (Å²) in [6, 6.07) is 20.7. The second kappa shape index (κ2) is 7.45. The Hall–Kier alpha value is -1.82. The van der Waals surface area contributed by atoms with Gasteiger partial charge < -0.3 is 0 Å². The van der Waals surface area contributed by atoms with E-state index in [0.29, 0.717) is 0 Å². The van der Waals surface area contributed by atoms with E-state index in [2.05, 4.69) is 55.5 Å². The summed E-state index contributed by atoms with van der Waals surface area (Å²) >= 11 is 0. The van der Waals surface area contributed by atoms with Crippen LogP contribution in [-0.4, -0.2) is 0 Å². The molecule has 0 unspecified atom stereocenters. The number of aryl methyl sites for hydroxylation is 1. The average Bonchev–Trinajstić information content (AvgIpc) is 2.57. The molecule has 3 rings (SSSR count). The Bertz CT molecular complexity index is 685. The maximum atomic E-state index is 3.22. The molecule has 0 saturated carbocycles. The Kier molecular flexibility index (Phi) is 5.11. The highest BCUT2D eigenvalue weighted by Gasteiger charge is 2.06. The van der Waals surface area contributed by atoms with Crippen LogP contribution in [0, 0.1) is 6.07 Å². The molecule has 0 nitrogen and oxygen atoms in total. The molecule has 3 aromatic rings. The predicted octanol–water partition coefficient (Wildman–Crippen LogP) is 6.70. The van der Waals surface area contributed by atoms with Gasteiger partial charge in [-0.3, -0.25) is 0 Å². The van der Waals surface area contributed by atoms with Crippen molar-refractivity contribution in [3.8, 4) is 0 Å². The maximum Gasteiger partial charge on any atom is -0.0145 e. The molecule has 0 spiro atoms. The van der Waals surface area contributed by atoms with Gasteiger partial charge in [0.1, 0.15) is 0 Å². The lowest BCUT2D eigenvalue weighted by molar-refractivity contribution is 0.609. The highest BCUT2D eigenvalue weighted by atomic mass is 14.1. The zero-order valence-electron chi connectivity index (χ0n) is 13.6. The fraction of sp³-hybridized carbons (Fsp3) is 0.364. The van der Waals surface area contributed by atoms with Crippen LogP contribution in [0.2, 0.25) is 0 Å². The van der Waals surface area contributed by atoms with E-state index in [-0.39, 0.29) is 0 Å². The van der Waals surface area contributed by atoms with Crippen LogP contribution >= 0.6 is 0 Å². The molecule has 0 aliphatic carbocycles. The van der Waals surface area contributed by atoms with Crippen LogP contribution in [0.15, 0.2) is 48.5 Å². The largest absolute Gasteiger partial charge is 0.0654 e. The van der Waals surface area contributed by atoms with Crippen LogP contribution in [0.25, 0.3) is 21.5 Å². The molecule has 22 heavy (non-hydrogen) atoms. The fourth-order valence-electron chi connectivity index (χ4n) is 3.40. The van der Waals surface area contributed by atoms with Gasteiger partial charge in [-0.1, -0.05) is 75.4 Å². The minimum absolute atomic E-state index is 1.19.